The van der Waals surface area contributed by atoms with Crippen LogP contribution in [0.25, 0.3) is 11.0 Å². The van der Waals surface area contributed by atoms with Gasteiger partial charge in [0.05, 0.1) is 6.54 Å². The van der Waals surface area contributed by atoms with Crippen LogP contribution < -0.4 is 5.32 Å². The molecule has 1 saturated carbocycles. The number of hydrogen-bond acceptors (Lipinski definition) is 2. The summed E-state index contributed by atoms with van der Waals surface area (Å²) in [7, 11) is 0. The van der Waals surface area contributed by atoms with Crippen molar-refractivity contribution < 1.29 is 4.42 Å². The second kappa shape index (κ2) is 4.95. The van der Waals surface area contributed by atoms with E-state index in [4.69, 9.17) is 4.42 Å². The lowest BCUT2D eigenvalue weighted by Crippen LogP contribution is -2.22. The predicted molar refractivity (Wildman–Crippen MR) is 82.6 cm³/mol. The summed E-state index contributed by atoms with van der Waals surface area (Å²) in [6.07, 6.45) is 2.59. The summed E-state index contributed by atoms with van der Waals surface area (Å²) in [5, 5.41) is 4.77. The van der Waals surface area contributed by atoms with Crippen LogP contribution in [0.4, 0.5) is 0 Å². The van der Waals surface area contributed by atoms with Gasteiger partial charge in [-0.3, -0.25) is 0 Å². The molecule has 1 N–H and O–H groups in total. The quantitative estimate of drug-likeness (QED) is 0.868. The first-order chi connectivity index (χ1) is 9.08. The minimum absolute atomic E-state index is 0.477. The van der Waals surface area contributed by atoms with Gasteiger partial charge in [0, 0.05) is 21.5 Å². The number of hydrogen-bond donors (Lipinski definition) is 1. The molecule has 0 radical (unpaired) electrons. The van der Waals surface area contributed by atoms with Gasteiger partial charge in [-0.15, -0.1) is 0 Å². The number of rotatable bonds is 4. The normalized spacial score (nSPS) is 15.6. The first-order valence-electron chi connectivity index (χ1n) is 7.01. The smallest absolute Gasteiger partial charge is 0.138 e. The van der Waals surface area contributed by atoms with Crippen molar-refractivity contribution in [1.29, 1.82) is 0 Å². The highest BCUT2D eigenvalue weighted by molar-refractivity contribution is 9.10. The number of furan rings is 1. The van der Waals surface area contributed by atoms with Crippen LogP contribution in [0.1, 0.15) is 49.5 Å². The molecule has 1 aliphatic rings. The van der Waals surface area contributed by atoms with E-state index in [1.165, 1.54) is 29.4 Å². The van der Waals surface area contributed by atoms with Gasteiger partial charge in [0.15, 0.2) is 0 Å². The molecule has 1 aliphatic carbocycles. The third kappa shape index (κ3) is 2.46. The van der Waals surface area contributed by atoms with Crippen LogP contribution in [0.2, 0.25) is 0 Å². The van der Waals surface area contributed by atoms with Gasteiger partial charge in [0.1, 0.15) is 11.3 Å². The highest BCUT2D eigenvalue weighted by Crippen LogP contribution is 2.48. The van der Waals surface area contributed by atoms with Crippen LogP contribution in [-0.4, -0.2) is 6.04 Å². The fourth-order valence-corrected chi connectivity index (χ4v) is 3.12. The predicted octanol–water partition coefficient (Wildman–Crippen LogP) is 4.88. The zero-order chi connectivity index (χ0) is 13.6. The van der Waals surface area contributed by atoms with Crippen molar-refractivity contribution in [3.05, 3.63) is 33.5 Å². The molecule has 1 fully saturated rings. The lowest BCUT2D eigenvalue weighted by atomic mass is 10.0. The highest BCUT2D eigenvalue weighted by atomic mass is 79.9. The lowest BCUT2D eigenvalue weighted by molar-refractivity contribution is 0.482. The molecule has 0 spiro atoms. The SMILES string of the molecule is Cc1ccc(Br)c2c(C3CC3)c(CNC(C)C)oc12. The molecule has 1 heterocycles. The Kier molecular flexibility index (Phi) is 3.44. The Morgan fingerprint density at radius 2 is 2.11 bits per heavy atom. The van der Waals surface area contributed by atoms with Crippen LogP contribution >= 0.6 is 15.9 Å². The third-order valence-corrected chi connectivity index (χ3v) is 4.42. The number of aryl methyl sites for hydroxylation is 1. The Balaban J connectivity index is 2.13. The van der Waals surface area contributed by atoms with E-state index in [1.807, 2.05) is 0 Å². The lowest BCUT2D eigenvalue weighted by Gasteiger charge is -2.07. The molecule has 0 amide bonds. The summed E-state index contributed by atoms with van der Waals surface area (Å²) >= 11 is 3.69. The van der Waals surface area contributed by atoms with E-state index < -0.39 is 0 Å². The van der Waals surface area contributed by atoms with Crippen molar-refractivity contribution in [2.24, 2.45) is 0 Å². The zero-order valence-electron chi connectivity index (χ0n) is 11.7. The van der Waals surface area contributed by atoms with Gasteiger partial charge in [0.25, 0.3) is 0 Å². The summed E-state index contributed by atoms with van der Waals surface area (Å²) in [4.78, 5) is 0. The zero-order valence-corrected chi connectivity index (χ0v) is 13.3. The molecular weight excluding hydrogens is 302 g/mol. The van der Waals surface area contributed by atoms with E-state index in [-0.39, 0.29) is 0 Å². The largest absolute Gasteiger partial charge is 0.459 e. The summed E-state index contributed by atoms with van der Waals surface area (Å²) in [5.41, 5.74) is 3.70. The van der Waals surface area contributed by atoms with E-state index in [2.05, 4.69) is 54.2 Å². The van der Waals surface area contributed by atoms with Gasteiger partial charge in [-0.05, 0) is 37.3 Å². The third-order valence-electron chi connectivity index (χ3n) is 3.76. The average Bonchev–Trinajstić information content (AvgIpc) is 3.12. The maximum absolute atomic E-state index is 6.17. The van der Waals surface area contributed by atoms with Crippen molar-refractivity contribution in [2.45, 2.75) is 52.1 Å². The van der Waals surface area contributed by atoms with Crippen LogP contribution in [0, 0.1) is 6.92 Å². The molecule has 0 unspecified atom stereocenters. The summed E-state index contributed by atoms with van der Waals surface area (Å²) in [6, 6.07) is 4.73. The van der Waals surface area contributed by atoms with E-state index in [9.17, 15) is 0 Å². The second-order valence-electron chi connectivity index (χ2n) is 5.82. The molecule has 3 heteroatoms. The summed E-state index contributed by atoms with van der Waals surface area (Å²) in [6.45, 7) is 7.28. The van der Waals surface area contributed by atoms with Gasteiger partial charge in [-0.25, -0.2) is 0 Å². The van der Waals surface area contributed by atoms with Crippen molar-refractivity contribution in [1.82, 2.24) is 5.32 Å². The molecule has 3 rings (SSSR count). The van der Waals surface area contributed by atoms with Gasteiger partial charge >= 0.3 is 0 Å². The number of fused-ring (bicyclic) bond motifs is 1. The minimum Gasteiger partial charge on any atom is -0.459 e. The number of halogens is 1. The van der Waals surface area contributed by atoms with Crippen LogP contribution in [0.5, 0.6) is 0 Å². The van der Waals surface area contributed by atoms with Gasteiger partial charge in [-0.2, -0.15) is 0 Å². The van der Waals surface area contributed by atoms with Crippen LogP contribution in [0.15, 0.2) is 21.0 Å². The van der Waals surface area contributed by atoms with E-state index in [0.717, 1.165) is 22.4 Å². The molecule has 0 atom stereocenters. The standard InChI is InChI=1S/C16H20BrNO/c1-9(2)18-8-13-14(11-5-6-11)15-12(17)7-4-10(3)16(15)19-13/h4,7,9,11,18H,5-6,8H2,1-3H3. The van der Waals surface area contributed by atoms with Crippen molar-refractivity contribution >= 4 is 26.9 Å². The van der Waals surface area contributed by atoms with Gasteiger partial charge in [0.2, 0.25) is 0 Å². The molecule has 2 nitrogen and oxygen atoms in total. The molecule has 19 heavy (non-hydrogen) atoms. The average molecular weight is 322 g/mol. The minimum atomic E-state index is 0.477. The van der Waals surface area contributed by atoms with Gasteiger partial charge in [-0.1, -0.05) is 35.8 Å². The Labute approximate surface area is 122 Å². The Bertz CT molecular complexity index is 611. The van der Waals surface area contributed by atoms with E-state index in [0.29, 0.717) is 12.0 Å². The van der Waals surface area contributed by atoms with Crippen molar-refractivity contribution in [3.8, 4) is 0 Å². The topological polar surface area (TPSA) is 25.2 Å². The second-order valence-corrected chi connectivity index (χ2v) is 6.67. The molecule has 1 aromatic heterocycles. The van der Waals surface area contributed by atoms with Crippen molar-refractivity contribution in [2.75, 3.05) is 0 Å². The van der Waals surface area contributed by atoms with E-state index >= 15 is 0 Å². The van der Waals surface area contributed by atoms with E-state index in [1.54, 1.807) is 0 Å². The maximum Gasteiger partial charge on any atom is 0.138 e. The molecular formula is C16H20BrNO. The molecule has 2 aromatic rings. The highest BCUT2D eigenvalue weighted by Gasteiger charge is 2.32. The molecule has 102 valence electrons. The Hall–Kier alpha value is -0.800. The fraction of sp³-hybridized carbons (Fsp3) is 0.500. The van der Waals surface area contributed by atoms with Gasteiger partial charge < -0.3 is 9.73 Å². The number of nitrogens with one attached hydrogen (secondary N) is 1. The summed E-state index contributed by atoms with van der Waals surface area (Å²) in [5.74, 6) is 1.82. The van der Waals surface area contributed by atoms with Crippen LogP contribution in [-0.2, 0) is 6.54 Å². The van der Waals surface area contributed by atoms with Crippen molar-refractivity contribution in [3.63, 3.8) is 0 Å². The molecule has 0 bridgehead atoms. The fourth-order valence-electron chi connectivity index (χ4n) is 2.59. The van der Waals surface area contributed by atoms with Crippen LogP contribution in [0.3, 0.4) is 0 Å². The molecule has 1 aromatic carbocycles. The first-order valence-corrected chi connectivity index (χ1v) is 7.81. The first kappa shape index (κ1) is 13.2. The Morgan fingerprint density at radius 3 is 2.74 bits per heavy atom. The Morgan fingerprint density at radius 1 is 1.37 bits per heavy atom. The summed E-state index contributed by atoms with van der Waals surface area (Å²) < 4.78 is 7.33. The number of benzene rings is 1. The molecule has 0 saturated heterocycles. The maximum atomic E-state index is 6.17. The molecule has 0 aliphatic heterocycles. The monoisotopic (exact) mass is 321 g/mol.